The van der Waals surface area contributed by atoms with Crippen LogP contribution in [0.1, 0.15) is 6.42 Å². The molecule has 2 aromatic rings. The number of anilines is 1. The lowest BCUT2D eigenvalue weighted by Crippen LogP contribution is -2.26. The number of rotatable bonds is 3. The first-order valence-electron chi connectivity index (χ1n) is 6.84. The van der Waals surface area contributed by atoms with Gasteiger partial charge < -0.3 is 4.90 Å². The molecular weight excluding hydrogens is 305 g/mol. The fraction of sp³-hybridized carbons (Fsp3) is 0.188. The SMILES string of the molecule is O=C1CC(S(=O)(=O)F)CN1c1ccc(-c2ccccc2)cc1. The van der Waals surface area contributed by atoms with Crippen molar-refractivity contribution in [1.29, 1.82) is 0 Å². The Morgan fingerprint density at radius 1 is 0.955 bits per heavy atom. The lowest BCUT2D eigenvalue weighted by atomic mass is 10.1. The highest BCUT2D eigenvalue weighted by molar-refractivity contribution is 7.87. The summed E-state index contributed by atoms with van der Waals surface area (Å²) in [6.45, 7) is -0.137. The van der Waals surface area contributed by atoms with Crippen molar-refractivity contribution in [3.8, 4) is 11.1 Å². The summed E-state index contributed by atoms with van der Waals surface area (Å²) in [5.74, 6) is -0.376. The predicted octanol–water partition coefficient (Wildman–Crippen LogP) is 2.76. The molecule has 6 heteroatoms. The third kappa shape index (κ3) is 2.87. The maximum absolute atomic E-state index is 13.0. The Bertz CT molecular complexity index is 788. The Morgan fingerprint density at radius 3 is 2.09 bits per heavy atom. The molecule has 1 unspecified atom stereocenters. The number of hydrogen-bond donors (Lipinski definition) is 0. The lowest BCUT2D eigenvalue weighted by Gasteiger charge is -2.16. The van der Waals surface area contributed by atoms with E-state index in [2.05, 4.69) is 0 Å². The van der Waals surface area contributed by atoms with Crippen LogP contribution in [0, 0.1) is 0 Å². The van der Waals surface area contributed by atoms with E-state index < -0.39 is 15.5 Å². The van der Waals surface area contributed by atoms with E-state index in [1.165, 1.54) is 4.90 Å². The number of hydrogen-bond acceptors (Lipinski definition) is 3. The lowest BCUT2D eigenvalue weighted by molar-refractivity contribution is -0.117. The highest BCUT2D eigenvalue weighted by Gasteiger charge is 2.38. The van der Waals surface area contributed by atoms with Crippen LogP contribution in [-0.4, -0.2) is 26.1 Å². The number of halogens is 1. The second kappa shape index (κ2) is 5.53. The summed E-state index contributed by atoms with van der Waals surface area (Å²) in [5, 5.41) is -1.27. The minimum Gasteiger partial charge on any atom is -0.311 e. The Balaban J connectivity index is 1.83. The van der Waals surface area contributed by atoms with Gasteiger partial charge in [0.05, 0.1) is 0 Å². The van der Waals surface area contributed by atoms with Crippen LogP contribution in [-0.2, 0) is 15.0 Å². The van der Waals surface area contributed by atoms with Gasteiger partial charge in [0.25, 0.3) is 0 Å². The Morgan fingerprint density at radius 2 is 1.55 bits per heavy atom. The van der Waals surface area contributed by atoms with E-state index in [4.69, 9.17) is 0 Å². The zero-order valence-corrected chi connectivity index (χ0v) is 12.5. The van der Waals surface area contributed by atoms with Gasteiger partial charge in [-0.15, -0.1) is 3.89 Å². The van der Waals surface area contributed by atoms with Gasteiger partial charge in [0.15, 0.2) is 0 Å². The minimum atomic E-state index is -4.69. The number of nitrogens with zero attached hydrogens (tertiary/aromatic N) is 1. The van der Waals surface area contributed by atoms with Crippen LogP contribution >= 0.6 is 0 Å². The third-order valence-corrected chi connectivity index (χ3v) is 4.89. The van der Waals surface area contributed by atoms with Gasteiger partial charge in [0.1, 0.15) is 5.25 Å². The van der Waals surface area contributed by atoms with Crippen LogP contribution in [0.2, 0.25) is 0 Å². The highest BCUT2D eigenvalue weighted by Crippen LogP contribution is 2.28. The van der Waals surface area contributed by atoms with E-state index in [9.17, 15) is 17.1 Å². The van der Waals surface area contributed by atoms with E-state index >= 15 is 0 Å². The first kappa shape index (κ1) is 14.7. The molecule has 1 aliphatic heterocycles. The molecule has 22 heavy (non-hydrogen) atoms. The van der Waals surface area contributed by atoms with E-state index in [-0.39, 0.29) is 18.9 Å². The molecule has 1 atom stereocenters. The summed E-state index contributed by atoms with van der Waals surface area (Å²) in [4.78, 5) is 13.2. The summed E-state index contributed by atoms with van der Waals surface area (Å²) in [6.07, 6.45) is -0.306. The normalized spacial score (nSPS) is 18.7. The summed E-state index contributed by atoms with van der Waals surface area (Å²) in [6, 6.07) is 16.9. The average Bonchev–Trinajstić information content (AvgIpc) is 2.90. The van der Waals surface area contributed by atoms with Crippen LogP contribution in [0.4, 0.5) is 9.57 Å². The summed E-state index contributed by atoms with van der Waals surface area (Å²) in [7, 11) is -4.69. The van der Waals surface area contributed by atoms with Crippen molar-refractivity contribution in [3.63, 3.8) is 0 Å². The Labute approximate surface area is 128 Å². The molecule has 0 bridgehead atoms. The van der Waals surface area contributed by atoms with Crippen LogP contribution in [0.5, 0.6) is 0 Å². The third-order valence-electron chi connectivity index (χ3n) is 3.77. The molecule has 4 nitrogen and oxygen atoms in total. The van der Waals surface area contributed by atoms with E-state index in [1.807, 2.05) is 42.5 Å². The first-order chi connectivity index (χ1) is 10.4. The first-order valence-corrected chi connectivity index (χ1v) is 8.29. The molecule has 0 spiro atoms. The van der Waals surface area contributed by atoms with E-state index in [0.29, 0.717) is 5.69 Å². The molecule has 3 rings (SSSR count). The molecule has 1 heterocycles. The molecule has 0 aromatic heterocycles. The predicted molar refractivity (Wildman–Crippen MR) is 82.7 cm³/mol. The van der Waals surface area contributed by atoms with Crippen molar-refractivity contribution in [1.82, 2.24) is 0 Å². The van der Waals surface area contributed by atoms with Gasteiger partial charge in [-0.2, -0.15) is 8.42 Å². The van der Waals surface area contributed by atoms with Gasteiger partial charge in [-0.3, -0.25) is 4.79 Å². The molecule has 1 saturated heterocycles. The summed E-state index contributed by atoms with van der Waals surface area (Å²) in [5.41, 5.74) is 2.62. The van der Waals surface area contributed by atoms with Crippen molar-refractivity contribution in [2.75, 3.05) is 11.4 Å². The second-order valence-electron chi connectivity index (χ2n) is 5.22. The van der Waals surface area contributed by atoms with E-state index in [1.54, 1.807) is 12.1 Å². The van der Waals surface area contributed by atoms with Crippen molar-refractivity contribution >= 4 is 21.8 Å². The quantitative estimate of drug-likeness (QED) is 0.818. The molecule has 0 saturated carbocycles. The van der Waals surface area contributed by atoms with Gasteiger partial charge >= 0.3 is 10.2 Å². The number of carbonyl (C=O) groups is 1. The van der Waals surface area contributed by atoms with Crippen LogP contribution in [0.3, 0.4) is 0 Å². The van der Waals surface area contributed by atoms with Gasteiger partial charge in [-0.25, -0.2) is 0 Å². The smallest absolute Gasteiger partial charge is 0.307 e. The zero-order chi connectivity index (χ0) is 15.7. The van der Waals surface area contributed by atoms with Gasteiger partial charge in [0.2, 0.25) is 5.91 Å². The van der Waals surface area contributed by atoms with Gasteiger partial charge in [-0.05, 0) is 23.3 Å². The number of amides is 1. The number of carbonyl (C=O) groups excluding carboxylic acids is 1. The summed E-state index contributed by atoms with van der Waals surface area (Å²) >= 11 is 0. The zero-order valence-electron chi connectivity index (χ0n) is 11.6. The van der Waals surface area contributed by atoms with Crippen molar-refractivity contribution in [3.05, 3.63) is 54.6 Å². The maximum atomic E-state index is 13.0. The molecule has 2 aromatic carbocycles. The van der Waals surface area contributed by atoms with Crippen LogP contribution in [0.25, 0.3) is 11.1 Å². The fourth-order valence-electron chi connectivity index (χ4n) is 2.58. The molecule has 1 fully saturated rings. The molecule has 0 aliphatic carbocycles. The number of benzene rings is 2. The highest BCUT2D eigenvalue weighted by atomic mass is 32.3. The second-order valence-corrected chi connectivity index (χ2v) is 6.84. The summed E-state index contributed by atoms with van der Waals surface area (Å²) < 4.78 is 34.9. The Hall–Kier alpha value is -2.21. The maximum Gasteiger partial charge on any atom is 0.307 e. The van der Waals surface area contributed by atoms with Crippen LogP contribution in [0.15, 0.2) is 54.6 Å². The monoisotopic (exact) mass is 319 g/mol. The molecule has 0 radical (unpaired) electrons. The van der Waals surface area contributed by atoms with Crippen molar-refractivity contribution < 1.29 is 17.1 Å². The average molecular weight is 319 g/mol. The molecule has 1 aliphatic rings. The minimum absolute atomic E-state index is 0.137. The van der Waals surface area contributed by atoms with Gasteiger partial charge in [0, 0.05) is 18.7 Å². The molecule has 0 N–H and O–H groups in total. The standard InChI is InChI=1S/C16H14FNO3S/c17-22(20,21)15-10-16(19)18(11-15)14-8-6-13(7-9-14)12-4-2-1-3-5-12/h1-9,15H,10-11H2. The fourth-order valence-corrected chi connectivity index (χ4v) is 3.25. The van der Waals surface area contributed by atoms with Crippen molar-refractivity contribution in [2.24, 2.45) is 0 Å². The molecular formula is C16H14FNO3S. The molecule has 1 amide bonds. The molecule has 114 valence electrons. The van der Waals surface area contributed by atoms with Gasteiger partial charge in [-0.1, -0.05) is 42.5 Å². The Kier molecular flexibility index (Phi) is 3.70. The topological polar surface area (TPSA) is 54.5 Å². The van der Waals surface area contributed by atoms with Crippen LogP contribution < -0.4 is 4.90 Å². The van der Waals surface area contributed by atoms with E-state index in [0.717, 1.165) is 11.1 Å². The largest absolute Gasteiger partial charge is 0.311 e. The van der Waals surface area contributed by atoms with Crippen molar-refractivity contribution in [2.45, 2.75) is 11.7 Å².